The summed E-state index contributed by atoms with van der Waals surface area (Å²) < 4.78 is 11.7. The standard InChI is InChI=1S/C14H15NO4/c1-4-19-9-5-6-12-10(7-9)11(8-15(12)2)13(16)14(17)18-3/h5-8H,4H2,1-3H3. The summed E-state index contributed by atoms with van der Waals surface area (Å²) in [6.45, 7) is 2.42. The van der Waals surface area contributed by atoms with Crippen LogP contribution >= 0.6 is 0 Å². The quantitative estimate of drug-likeness (QED) is 0.479. The van der Waals surface area contributed by atoms with Crippen molar-refractivity contribution in [3.05, 3.63) is 30.0 Å². The number of rotatable bonds is 4. The number of methoxy groups -OCH3 is 1. The van der Waals surface area contributed by atoms with Gasteiger partial charge in [-0.15, -0.1) is 0 Å². The maximum absolute atomic E-state index is 11.9. The van der Waals surface area contributed by atoms with Gasteiger partial charge in [-0.1, -0.05) is 0 Å². The predicted molar refractivity (Wildman–Crippen MR) is 70.4 cm³/mol. The molecule has 1 aromatic heterocycles. The average molecular weight is 261 g/mol. The van der Waals surface area contributed by atoms with Crippen molar-refractivity contribution in [1.29, 1.82) is 0 Å². The Balaban J connectivity index is 2.57. The molecular formula is C14H15NO4. The van der Waals surface area contributed by atoms with E-state index in [1.165, 1.54) is 7.11 Å². The van der Waals surface area contributed by atoms with E-state index >= 15 is 0 Å². The molecule has 0 saturated carbocycles. The van der Waals surface area contributed by atoms with Crippen LogP contribution < -0.4 is 4.74 Å². The molecule has 1 heterocycles. The first-order valence-corrected chi connectivity index (χ1v) is 5.93. The van der Waals surface area contributed by atoms with Gasteiger partial charge < -0.3 is 14.0 Å². The van der Waals surface area contributed by atoms with E-state index < -0.39 is 11.8 Å². The number of ether oxygens (including phenoxy) is 2. The molecule has 0 aliphatic heterocycles. The van der Waals surface area contributed by atoms with E-state index in [4.69, 9.17) is 4.74 Å². The first-order chi connectivity index (χ1) is 9.08. The zero-order valence-electron chi connectivity index (χ0n) is 11.1. The third-order valence-corrected chi connectivity index (χ3v) is 2.89. The minimum absolute atomic E-state index is 0.325. The summed E-state index contributed by atoms with van der Waals surface area (Å²) in [5, 5.41) is 0.684. The second kappa shape index (κ2) is 5.14. The molecule has 5 heteroatoms. The van der Waals surface area contributed by atoms with Crippen molar-refractivity contribution in [1.82, 2.24) is 4.57 Å². The number of Topliss-reactive ketones (excluding diaryl/α,β-unsaturated/α-hetero) is 1. The van der Waals surface area contributed by atoms with Crippen molar-refractivity contribution in [2.45, 2.75) is 6.92 Å². The highest BCUT2D eigenvalue weighted by atomic mass is 16.5. The highest BCUT2D eigenvalue weighted by molar-refractivity contribution is 6.43. The molecule has 0 aliphatic carbocycles. The summed E-state index contributed by atoms with van der Waals surface area (Å²) in [4.78, 5) is 23.3. The van der Waals surface area contributed by atoms with Gasteiger partial charge >= 0.3 is 5.97 Å². The number of carbonyl (C=O) groups is 2. The van der Waals surface area contributed by atoms with Crippen molar-refractivity contribution in [3.63, 3.8) is 0 Å². The van der Waals surface area contributed by atoms with Crippen LogP contribution in [-0.4, -0.2) is 30.0 Å². The lowest BCUT2D eigenvalue weighted by atomic mass is 10.1. The maximum atomic E-state index is 11.9. The zero-order chi connectivity index (χ0) is 14.0. The molecule has 0 saturated heterocycles. The second-order valence-corrected chi connectivity index (χ2v) is 4.09. The fourth-order valence-electron chi connectivity index (χ4n) is 2.01. The van der Waals surface area contributed by atoms with Crippen LogP contribution in [0.2, 0.25) is 0 Å². The number of benzene rings is 1. The van der Waals surface area contributed by atoms with Crippen molar-refractivity contribution >= 4 is 22.7 Å². The van der Waals surface area contributed by atoms with E-state index in [1.807, 2.05) is 26.1 Å². The third-order valence-electron chi connectivity index (χ3n) is 2.89. The monoisotopic (exact) mass is 261 g/mol. The SMILES string of the molecule is CCOc1ccc2c(c1)c(C(=O)C(=O)OC)cn2C. The third kappa shape index (κ3) is 2.31. The topological polar surface area (TPSA) is 57.5 Å². The van der Waals surface area contributed by atoms with Gasteiger partial charge in [0.05, 0.1) is 19.3 Å². The van der Waals surface area contributed by atoms with E-state index in [-0.39, 0.29) is 0 Å². The molecule has 0 N–H and O–H groups in total. The zero-order valence-corrected chi connectivity index (χ0v) is 11.1. The number of aromatic nitrogens is 1. The molecule has 0 spiro atoms. The minimum Gasteiger partial charge on any atom is -0.494 e. The van der Waals surface area contributed by atoms with Crippen molar-refractivity contribution in [2.24, 2.45) is 7.05 Å². The molecule has 100 valence electrons. The van der Waals surface area contributed by atoms with Crippen LogP contribution in [-0.2, 0) is 16.6 Å². The Hall–Kier alpha value is -2.30. The molecule has 0 fully saturated rings. The fraction of sp³-hybridized carbons (Fsp3) is 0.286. The number of ketones is 1. The molecule has 2 rings (SSSR count). The highest BCUT2D eigenvalue weighted by Gasteiger charge is 2.21. The highest BCUT2D eigenvalue weighted by Crippen LogP contribution is 2.26. The van der Waals surface area contributed by atoms with E-state index in [0.717, 1.165) is 5.52 Å². The van der Waals surface area contributed by atoms with Crippen LogP contribution in [0.15, 0.2) is 24.4 Å². The lowest BCUT2D eigenvalue weighted by molar-refractivity contribution is -0.135. The Bertz CT molecular complexity index is 642. The maximum Gasteiger partial charge on any atom is 0.379 e. The Kier molecular flexibility index (Phi) is 3.55. The molecule has 0 unspecified atom stereocenters. The van der Waals surface area contributed by atoms with E-state index in [0.29, 0.717) is 23.3 Å². The van der Waals surface area contributed by atoms with Crippen molar-refractivity contribution in [2.75, 3.05) is 13.7 Å². The average Bonchev–Trinajstić information content (AvgIpc) is 2.74. The molecular weight excluding hydrogens is 246 g/mol. The number of carbonyl (C=O) groups excluding carboxylic acids is 2. The van der Waals surface area contributed by atoms with E-state index in [2.05, 4.69) is 4.74 Å². The summed E-state index contributed by atoms with van der Waals surface area (Å²) in [6, 6.07) is 5.45. The van der Waals surface area contributed by atoms with Crippen molar-refractivity contribution < 1.29 is 19.1 Å². The Labute approximate surface area is 110 Å². The Morgan fingerprint density at radius 2 is 2.05 bits per heavy atom. The number of hydrogen-bond acceptors (Lipinski definition) is 4. The second-order valence-electron chi connectivity index (χ2n) is 4.09. The van der Waals surface area contributed by atoms with Crippen molar-refractivity contribution in [3.8, 4) is 5.75 Å². The van der Waals surface area contributed by atoms with Gasteiger partial charge in [0.25, 0.3) is 5.78 Å². The van der Waals surface area contributed by atoms with Gasteiger partial charge in [-0.2, -0.15) is 0 Å². The van der Waals surface area contributed by atoms with Crippen LogP contribution in [0.4, 0.5) is 0 Å². The summed E-state index contributed by atoms with van der Waals surface area (Å²) in [5.74, 6) is -0.851. The van der Waals surface area contributed by atoms with Crippen LogP contribution in [0.5, 0.6) is 5.75 Å². The van der Waals surface area contributed by atoms with Gasteiger partial charge in [-0.3, -0.25) is 4.79 Å². The largest absolute Gasteiger partial charge is 0.494 e. The lowest BCUT2D eigenvalue weighted by Gasteiger charge is -2.03. The normalized spacial score (nSPS) is 10.5. The summed E-state index contributed by atoms with van der Waals surface area (Å²) in [5.41, 5.74) is 1.18. The molecule has 5 nitrogen and oxygen atoms in total. The molecule has 0 radical (unpaired) electrons. The molecule has 2 aromatic rings. The van der Waals surface area contributed by atoms with Crippen LogP contribution in [0.3, 0.4) is 0 Å². The van der Waals surface area contributed by atoms with Gasteiger partial charge in [0.2, 0.25) is 0 Å². The molecule has 0 aliphatic rings. The Morgan fingerprint density at radius 1 is 1.32 bits per heavy atom. The number of hydrogen-bond donors (Lipinski definition) is 0. The van der Waals surface area contributed by atoms with E-state index in [1.54, 1.807) is 16.8 Å². The molecule has 19 heavy (non-hydrogen) atoms. The van der Waals surface area contributed by atoms with Crippen LogP contribution in [0, 0.1) is 0 Å². The smallest absolute Gasteiger partial charge is 0.379 e. The first-order valence-electron chi connectivity index (χ1n) is 5.93. The van der Waals surface area contributed by atoms with Gasteiger partial charge in [0.15, 0.2) is 0 Å². The van der Waals surface area contributed by atoms with Gasteiger partial charge in [-0.05, 0) is 25.1 Å². The van der Waals surface area contributed by atoms with Gasteiger partial charge in [-0.25, -0.2) is 4.79 Å². The minimum atomic E-state index is -0.866. The number of fused-ring (bicyclic) bond motifs is 1. The molecule has 0 atom stereocenters. The number of nitrogens with zero attached hydrogens (tertiary/aromatic N) is 1. The van der Waals surface area contributed by atoms with Crippen LogP contribution in [0.25, 0.3) is 10.9 Å². The van der Waals surface area contributed by atoms with Gasteiger partial charge in [0.1, 0.15) is 5.75 Å². The Morgan fingerprint density at radius 3 is 2.68 bits per heavy atom. The predicted octanol–water partition coefficient (Wildman–Crippen LogP) is 1.93. The molecule has 1 aromatic carbocycles. The van der Waals surface area contributed by atoms with Gasteiger partial charge in [0, 0.05) is 24.1 Å². The molecule has 0 amide bonds. The van der Waals surface area contributed by atoms with Crippen LogP contribution in [0.1, 0.15) is 17.3 Å². The summed E-state index contributed by atoms with van der Waals surface area (Å²) >= 11 is 0. The lowest BCUT2D eigenvalue weighted by Crippen LogP contribution is -2.15. The fourth-order valence-corrected chi connectivity index (χ4v) is 2.01. The number of esters is 1. The summed E-state index contributed by atoms with van der Waals surface area (Å²) in [6.07, 6.45) is 1.62. The number of aryl methyl sites for hydroxylation is 1. The first kappa shape index (κ1) is 13.1. The van der Waals surface area contributed by atoms with E-state index in [9.17, 15) is 9.59 Å². The molecule has 0 bridgehead atoms. The summed E-state index contributed by atoms with van der Waals surface area (Å²) in [7, 11) is 3.01.